The number of carboxylic acid groups (broad SMARTS) is 1. The van der Waals surface area contributed by atoms with Crippen molar-refractivity contribution in [3.63, 3.8) is 0 Å². The van der Waals surface area contributed by atoms with Gasteiger partial charge >= 0.3 is 5.97 Å². The fourth-order valence-corrected chi connectivity index (χ4v) is 2.88. The quantitative estimate of drug-likeness (QED) is 0.892. The van der Waals surface area contributed by atoms with Gasteiger partial charge < -0.3 is 10.4 Å². The van der Waals surface area contributed by atoms with Crippen LogP contribution in [0.2, 0.25) is 0 Å². The van der Waals surface area contributed by atoms with E-state index >= 15 is 0 Å². The molecule has 1 saturated carbocycles. The summed E-state index contributed by atoms with van der Waals surface area (Å²) in [5.74, 6) is -0.837. The Labute approximate surface area is 120 Å². The molecule has 0 aromatic heterocycles. The van der Waals surface area contributed by atoms with E-state index in [0.29, 0.717) is 24.1 Å². The molecule has 100 valence electrons. The summed E-state index contributed by atoms with van der Waals surface area (Å²) in [6.45, 7) is 0. The summed E-state index contributed by atoms with van der Waals surface area (Å²) in [6.07, 6.45) is 4.06. The molecule has 1 aromatic carbocycles. The Bertz CT molecular complexity index is 531. The first-order valence-electron chi connectivity index (χ1n) is 6.29. The van der Waals surface area contributed by atoms with Gasteiger partial charge in [0.15, 0.2) is 0 Å². The third-order valence-electron chi connectivity index (χ3n) is 3.59. The molecule has 1 fully saturated rings. The number of benzene rings is 1. The number of nitrogens with zero attached hydrogens (tertiary/aromatic N) is 1. The van der Waals surface area contributed by atoms with Gasteiger partial charge in [-0.3, -0.25) is 0 Å². The summed E-state index contributed by atoms with van der Waals surface area (Å²) < 4.78 is 0.824. The molecule has 1 aliphatic carbocycles. The lowest BCUT2D eigenvalue weighted by atomic mass is 9.81. The van der Waals surface area contributed by atoms with Crippen molar-refractivity contribution in [2.75, 3.05) is 5.32 Å². The van der Waals surface area contributed by atoms with Crippen molar-refractivity contribution < 1.29 is 9.90 Å². The largest absolute Gasteiger partial charge is 0.480 e. The normalized spacial score (nSPS) is 17.5. The summed E-state index contributed by atoms with van der Waals surface area (Å²) >= 11 is 3.35. The fraction of sp³-hybridized carbons (Fsp3) is 0.429. The van der Waals surface area contributed by atoms with Crippen LogP contribution in [-0.2, 0) is 4.79 Å². The van der Waals surface area contributed by atoms with Gasteiger partial charge in [-0.25, -0.2) is 4.79 Å². The van der Waals surface area contributed by atoms with E-state index in [-0.39, 0.29) is 0 Å². The Balaban J connectivity index is 2.34. The molecular formula is C14H15BrN2O2. The van der Waals surface area contributed by atoms with Crippen LogP contribution < -0.4 is 5.32 Å². The fourth-order valence-electron chi connectivity index (χ4n) is 2.52. The number of anilines is 1. The van der Waals surface area contributed by atoms with Crippen molar-refractivity contribution >= 4 is 27.6 Å². The Morgan fingerprint density at radius 2 is 2.05 bits per heavy atom. The van der Waals surface area contributed by atoms with Gasteiger partial charge in [-0.1, -0.05) is 35.2 Å². The van der Waals surface area contributed by atoms with Crippen molar-refractivity contribution in [2.24, 2.45) is 0 Å². The van der Waals surface area contributed by atoms with Crippen molar-refractivity contribution in [1.29, 1.82) is 5.26 Å². The number of nitrogens with one attached hydrogen (secondary N) is 1. The first-order chi connectivity index (χ1) is 9.07. The molecule has 0 saturated heterocycles. The molecule has 1 aromatic rings. The minimum Gasteiger partial charge on any atom is -0.480 e. The summed E-state index contributed by atoms with van der Waals surface area (Å²) in [5, 5.41) is 21.7. The molecule has 19 heavy (non-hydrogen) atoms. The SMILES string of the molecule is N#Cc1ccc(Br)cc1NC1(C(=O)O)CCCCC1. The first-order valence-corrected chi connectivity index (χ1v) is 7.08. The molecule has 0 radical (unpaired) electrons. The molecule has 0 atom stereocenters. The van der Waals surface area contributed by atoms with Crippen molar-refractivity contribution in [3.8, 4) is 6.07 Å². The number of carbonyl (C=O) groups is 1. The van der Waals surface area contributed by atoms with Gasteiger partial charge in [-0.15, -0.1) is 0 Å². The summed E-state index contributed by atoms with van der Waals surface area (Å²) in [6, 6.07) is 7.32. The Morgan fingerprint density at radius 1 is 1.37 bits per heavy atom. The highest BCUT2D eigenvalue weighted by atomic mass is 79.9. The van der Waals surface area contributed by atoms with Gasteiger partial charge in [0.05, 0.1) is 11.3 Å². The van der Waals surface area contributed by atoms with E-state index in [4.69, 9.17) is 5.26 Å². The molecule has 0 spiro atoms. The highest BCUT2D eigenvalue weighted by molar-refractivity contribution is 9.10. The minimum atomic E-state index is -0.940. The monoisotopic (exact) mass is 322 g/mol. The van der Waals surface area contributed by atoms with E-state index in [0.717, 1.165) is 23.7 Å². The molecule has 0 unspecified atom stereocenters. The van der Waals surface area contributed by atoms with E-state index < -0.39 is 11.5 Å². The third kappa shape index (κ3) is 2.90. The molecule has 2 N–H and O–H groups in total. The van der Waals surface area contributed by atoms with E-state index in [2.05, 4.69) is 27.3 Å². The summed E-state index contributed by atoms with van der Waals surface area (Å²) in [5.41, 5.74) is 0.112. The zero-order valence-corrected chi connectivity index (χ0v) is 12.0. The number of hydrogen-bond donors (Lipinski definition) is 2. The van der Waals surface area contributed by atoms with Gasteiger partial charge in [0.25, 0.3) is 0 Å². The van der Waals surface area contributed by atoms with Gasteiger partial charge in [0, 0.05) is 4.47 Å². The van der Waals surface area contributed by atoms with E-state index in [1.165, 1.54) is 0 Å². The second kappa shape index (κ2) is 5.62. The molecular weight excluding hydrogens is 308 g/mol. The molecule has 4 nitrogen and oxygen atoms in total. The van der Waals surface area contributed by atoms with Gasteiger partial charge in [-0.05, 0) is 31.0 Å². The Morgan fingerprint density at radius 3 is 2.63 bits per heavy atom. The number of rotatable bonds is 3. The van der Waals surface area contributed by atoms with Gasteiger partial charge in [0.2, 0.25) is 0 Å². The third-order valence-corrected chi connectivity index (χ3v) is 4.09. The average Bonchev–Trinajstić information content (AvgIpc) is 2.40. The van der Waals surface area contributed by atoms with Crippen LogP contribution in [0, 0.1) is 11.3 Å². The molecule has 0 aliphatic heterocycles. The molecule has 5 heteroatoms. The number of halogens is 1. The van der Waals surface area contributed by atoms with E-state index in [1.807, 2.05) is 0 Å². The number of carboxylic acids is 1. The maximum Gasteiger partial charge on any atom is 0.329 e. The highest BCUT2D eigenvalue weighted by Crippen LogP contribution is 2.33. The van der Waals surface area contributed by atoms with Crippen LogP contribution in [0.25, 0.3) is 0 Å². The molecule has 0 bridgehead atoms. The van der Waals surface area contributed by atoms with Crippen LogP contribution >= 0.6 is 15.9 Å². The first kappa shape index (κ1) is 13.9. The van der Waals surface area contributed by atoms with Crippen LogP contribution in [0.3, 0.4) is 0 Å². The summed E-state index contributed by atoms with van der Waals surface area (Å²) in [4.78, 5) is 11.6. The predicted octanol–water partition coefficient (Wildman–Crippen LogP) is 3.52. The average molecular weight is 323 g/mol. The van der Waals surface area contributed by atoms with Crippen LogP contribution in [0.4, 0.5) is 5.69 Å². The maximum absolute atomic E-state index is 11.6. The topological polar surface area (TPSA) is 73.1 Å². The van der Waals surface area contributed by atoms with E-state index in [9.17, 15) is 9.90 Å². The maximum atomic E-state index is 11.6. The molecule has 0 amide bonds. The smallest absolute Gasteiger partial charge is 0.329 e. The molecule has 2 rings (SSSR count). The second-order valence-corrected chi connectivity index (χ2v) is 5.79. The highest BCUT2D eigenvalue weighted by Gasteiger charge is 2.39. The lowest BCUT2D eigenvalue weighted by Crippen LogP contribution is -2.48. The van der Waals surface area contributed by atoms with Crippen LogP contribution in [0.1, 0.15) is 37.7 Å². The molecule has 0 heterocycles. The Kier molecular flexibility index (Phi) is 4.11. The second-order valence-electron chi connectivity index (χ2n) is 4.87. The van der Waals surface area contributed by atoms with Crippen LogP contribution in [0.15, 0.2) is 22.7 Å². The Hall–Kier alpha value is -1.54. The zero-order chi connectivity index (χ0) is 13.9. The number of aliphatic carboxylic acids is 1. The van der Waals surface area contributed by atoms with Gasteiger partial charge in [0.1, 0.15) is 11.6 Å². The number of hydrogen-bond acceptors (Lipinski definition) is 3. The standard InChI is InChI=1S/C14H15BrN2O2/c15-11-5-4-10(9-16)12(8-11)17-14(13(18)19)6-2-1-3-7-14/h4-5,8,17H,1-3,6-7H2,(H,18,19). The van der Waals surface area contributed by atoms with Crippen molar-refractivity contribution in [1.82, 2.24) is 0 Å². The lowest BCUT2D eigenvalue weighted by molar-refractivity contribution is -0.143. The minimum absolute atomic E-state index is 0.467. The predicted molar refractivity (Wildman–Crippen MR) is 75.9 cm³/mol. The van der Waals surface area contributed by atoms with Crippen molar-refractivity contribution in [3.05, 3.63) is 28.2 Å². The number of nitriles is 1. The van der Waals surface area contributed by atoms with Crippen LogP contribution in [0.5, 0.6) is 0 Å². The van der Waals surface area contributed by atoms with E-state index in [1.54, 1.807) is 18.2 Å². The van der Waals surface area contributed by atoms with Gasteiger partial charge in [-0.2, -0.15) is 5.26 Å². The zero-order valence-electron chi connectivity index (χ0n) is 10.4. The lowest BCUT2D eigenvalue weighted by Gasteiger charge is -2.35. The molecule has 1 aliphatic rings. The van der Waals surface area contributed by atoms with Crippen molar-refractivity contribution in [2.45, 2.75) is 37.6 Å². The van der Waals surface area contributed by atoms with Crippen LogP contribution in [-0.4, -0.2) is 16.6 Å². The summed E-state index contributed by atoms with van der Waals surface area (Å²) in [7, 11) is 0.